The van der Waals surface area contributed by atoms with Crippen molar-refractivity contribution in [1.82, 2.24) is 20.3 Å². The maximum Gasteiger partial charge on any atom is 0.173 e. The van der Waals surface area contributed by atoms with Crippen molar-refractivity contribution in [3.05, 3.63) is 58.5 Å². The van der Waals surface area contributed by atoms with Gasteiger partial charge in [0.2, 0.25) is 0 Å². The number of hydrogen-bond donors (Lipinski definition) is 1. The van der Waals surface area contributed by atoms with Crippen LogP contribution in [0.4, 0.5) is 8.78 Å². The van der Waals surface area contributed by atoms with Gasteiger partial charge < -0.3 is 4.52 Å². The summed E-state index contributed by atoms with van der Waals surface area (Å²) in [5, 5.41) is 11.4. The Kier molecular flexibility index (Phi) is 4.32. The van der Waals surface area contributed by atoms with E-state index in [2.05, 4.69) is 20.3 Å². The molecule has 1 N–H and O–H groups in total. The second-order valence-electron chi connectivity index (χ2n) is 6.80. The summed E-state index contributed by atoms with van der Waals surface area (Å²) in [6.45, 7) is 5.32. The van der Waals surface area contributed by atoms with E-state index in [4.69, 9.17) is 4.52 Å². The Morgan fingerprint density at radius 2 is 2.12 bits per heavy atom. The van der Waals surface area contributed by atoms with E-state index >= 15 is 0 Å². The van der Waals surface area contributed by atoms with Crippen LogP contribution in [0.15, 0.2) is 28.9 Å². The van der Waals surface area contributed by atoms with Crippen molar-refractivity contribution < 1.29 is 13.3 Å². The topological polar surface area (TPSA) is 58.0 Å². The third-order valence-corrected chi connectivity index (χ3v) is 5.14. The summed E-state index contributed by atoms with van der Waals surface area (Å²) in [4.78, 5) is 2.25. The van der Waals surface area contributed by atoms with Crippen molar-refractivity contribution in [2.75, 3.05) is 6.54 Å². The highest BCUT2D eigenvalue weighted by atomic mass is 19.2. The van der Waals surface area contributed by atoms with Crippen molar-refractivity contribution >= 4 is 0 Å². The number of nitrogens with zero attached hydrogens (tertiary/aromatic N) is 3. The van der Waals surface area contributed by atoms with Gasteiger partial charge in [0.05, 0.1) is 29.2 Å². The predicted octanol–water partition coefficient (Wildman–Crippen LogP) is 4.30. The molecule has 1 aliphatic rings. The zero-order valence-electron chi connectivity index (χ0n) is 14.7. The van der Waals surface area contributed by atoms with Crippen LogP contribution in [-0.4, -0.2) is 26.8 Å². The zero-order chi connectivity index (χ0) is 18.3. The van der Waals surface area contributed by atoms with Gasteiger partial charge in [-0.2, -0.15) is 5.10 Å². The maximum atomic E-state index is 13.5. The Labute approximate surface area is 150 Å². The molecular weight excluding hydrogens is 338 g/mol. The summed E-state index contributed by atoms with van der Waals surface area (Å²) < 4.78 is 32.2. The normalized spacial score (nSPS) is 17.9. The lowest BCUT2D eigenvalue weighted by Crippen LogP contribution is -2.23. The largest absolute Gasteiger partial charge is 0.356 e. The molecule has 7 heteroatoms. The molecule has 26 heavy (non-hydrogen) atoms. The van der Waals surface area contributed by atoms with Crippen molar-refractivity contribution in [3.8, 4) is 11.3 Å². The molecule has 0 bridgehead atoms. The van der Waals surface area contributed by atoms with E-state index in [0.717, 1.165) is 53.2 Å². The van der Waals surface area contributed by atoms with E-state index in [1.165, 1.54) is 12.1 Å². The number of H-pyrrole nitrogens is 1. The van der Waals surface area contributed by atoms with Crippen molar-refractivity contribution in [1.29, 1.82) is 0 Å². The summed E-state index contributed by atoms with van der Waals surface area (Å²) in [6.07, 6.45) is 3.75. The minimum Gasteiger partial charge on any atom is -0.356 e. The molecule has 5 nitrogen and oxygen atoms in total. The third kappa shape index (κ3) is 2.92. The number of aromatic nitrogens is 3. The molecule has 0 unspecified atom stereocenters. The molecule has 2 aromatic heterocycles. The Morgan fingerprint density at radius 1 is 1.27 bits per heavy atom. The quantitative estimate of drug-likeness (QED) is 0.756. The van der Waals surface area contributed by atoms with Gasteiger partial charge in [-0.05, 0) is 50.9 Å². The molecule has 1 atom stereocenters. The van der Waals surface area contributed by atoms with Gasteiger partial charge in [-0.15, -0.1) is 0 Å². The molecule has 1 saturated heterocycles. The summed E-state index contributed by atoms with van der Waals surface area (Å²) >= 11 is 0. The molecular formula is C19H20F2N4O. The monoisotopic (exact) mass is 358 g/mol. The predicted molar refractivity (Wildman–Crippen MR) is 92.3 cm³/mol. The maximum absolute atomic E-state index is 13.5. The fourth-order valence-electron chi connectivity index (χ4n) is 3.61. The van der Waals surface area contributed by atoms with E-state index in [0.29, 0.717) is 6.54 Å². The van der Waals surface area contributed by atoms with Crippen molar-refractivity contribution in [3.63, 3.8) is 0 Å². The van der Waals surface area contributed by atoms with Gasteiger partial charge in [0.1, 0.15) is 0 Å². The van der Waals surface area contributed by atoms with Gasteiger partial charge >= 0.3 is 0 Å². The number of benzene rings is 1. The van der Waals surface area contributed by atoms with Crippen LogP contribution in [0.1, 0.15) is 41.4 Å². The molecule has 1 aromatic carbocycles. The number of aryl methyl sites for hydroxylation is 1. The highest BCUT2D eigenvalue weighted by molar-refractivity contribution is 5.64. The summed E-state index contributed by atoms with van der Waals surface area (Å²) in [5.74, 6) is -0.905. The number of halogens is 2. The third-order valence-electron chi connectivity index (χ3n) is 5.14. The lowest BCUT2D eigenvalue weighted by molar-refractivity contribution is 0.244. The van der Waals surface area contributed by atoms with Gasteiger partial charge in [-0.3, -0.25) is 10.00 Å². The molecule has 4 rings (SSSR count). The molecule has 136 valence electrons. The first kappa shape index (κ1) is 16.9. The minimum atomic E-state index is -0.821. The van der Waals surface area contributed by atoms with Gasteiger partial charge in [0.25, 0.3) is 0 Å². The molecule has 0 saturated carbocycles. The number of likely N-dealkylation sites (tertiary alicyclic amines) is 1. The first-order chi connectivity index (χ1) is 12.5. The lowest BCUT2D eigenvalue weighted by Gasteiger charge is -2.24. The lowest BCUT2D eigenvalue weighted by atomic mass is 10.0. The van der Waals surface area contributed by atoms with E-state index in [-0.39, 0.29) is 6.04 Å². The van der Waals surface area contributed by atoms with Crippen LogP contribution in [0.2, 0.25) is 0 Å². The summed E-state index contributed by atoms with van der Waals surface area (Å²) in [5.41, 5.74) is 4.49. The van der Waals surface area contributed by atoms with Crippen LogP contribution in [0, 0.1) is 25.5 Å². The SMILES string of the molecule is Cc1noc(-c2cn[nH]c2[C@H]2CCCN2Cc2ccc(F)c(F)c2)c1C. The number of hydrogen-bond acceptors (Lipinski definition) is 4. The standard InChI is InChI=1S/C19H20F2N4O/c1-11-12(2)24-26-19(11)14-9-22-23-18(14)17-4-3-7-25(17)10-13-5-6-15(20)16(21)8-13/h5-6,8-9,17H,3-4,7,10H2,1-2H3,(H,22,23)/t17-/m1/s1. The molecule has 3 heterocycles. The Bertz CT molecular complexity index is 934. The first-order valence-electron chi connectivity index (χ1n) is 8.69. The molecule has 3 aromatic rings. The zero-order valence-corrected chi connectivity index (χ0v) is 14.7. The van der Waals surface area contributed by atoms with E-state index in [9.17, 15) is 8.78 Å². The number of rotatable bonds is 4. The van der Waals surface area contributed by atoms with E-state index in [1.54, 1.807) is 12.3 Å². The second kappa shape index (κ2) is 6.64. The van der Waals surface area contributed by atoms with E-state index < -0.39 is 11.6 Å². The fourth-order valence-corrected chi connectivity index (χ4v) is 3.61. The van der Waals surface area contributed by atoms with Gasteiger partial charge in [0, 0.05) is 12.1 Å². The smallest absolute Gasteiger partial charge is 0.173 e. The molecule has 1 fully saturated rings. The van der Waals surface area contributed by atoms with Gasteiger partial charge in [0.15, 0.2) is 17.4 Å². The highest BCUT2D eigenvalue weighted by Crippen LogP contribution is 2.38. The van der Waals surface area contributed by atoms with Crippen LogP contribution in [-0.2, 0) is 6.54 Å². The average Bonchev–Trinajstić information content (AvgIpc) is 3.33. The summed E-state index contributed by atoms with van der Waals surface area (Å²) in [6, 6.07) is 4.19. The highest BCUT2D eigenvalue weighted by Gasteiger charge is 2.31. The average molecular weight is 358 g/mol. The molecule has 0 amide bonds. The molecule has 0 spiro atoms. The van der Waals surface area contributed by atoms with Crippen LogP contribution in [0.3, 0.4) is 0 Å². The van der Waals surface area contributed by atoms with Crippen LogP contribution < -0.4 is 0 Å². The Morgan fingerprint density at radius 3 is 2.85 bits per heavy atom. The second-order valence-corrected chi connectivity index (χ2v) is 6.80. The van der Waals surface area contributed by atoms with Crippen molar-refractivity contribution in [2.24, 2.45) is 0 Å². The summed E-state index contributed by atoms with van der Waals surface area (Å²) in [7, 11) is 0. The van der Waals surface area contributed by atoms with E-state index in [1.807, 2.05) is 13.8 Å². The van der Waals surface area contributed by atoms with Crippen LogP contribution >= 0.6 is 0 Å². The van der Waals surface area contributed by atoms with Crippen molar-refractivity contribution in [2.45, 2.75) is 39.3 Å². The minimum absolute atomic E-state index is 0.116. The number of nitrogens with one attached hydrogen (secondary N) is 1. The van der Waals surface area contributed by atoms with Gasteiger partial charge in [-0.25, -0.2) is 8.78 Å². The van der Waals surface area contributed by atoms with Crippen LogP contribution in [0.5, 0.6) is 0 Å². The first-order valence-corrected chi connectivity index (χ1v) is 8.69. The molecule has 0 aliphatic carbocycles. The van der Waals surface area contributed by atoms with Crippen LogP contribution in [0.25, 0.3) is 11.3 Å². The van der Waals surface area contributed by atoms with Gasteiger partial charge in [-0.1, -0.05) is 11.2 Å². The molecule has 0 radical (unpaired) electrons. The molecule has 1 aliphatic heterocycles. The Hall–Kier alpha value is -2.54. The Balaban J connectivity index is 1.62. The fraction of sp³-hybridized carbons (Fsp3) is 0.368. The number of aromatic amines is 1.